The van der Waals surface area contributed by atoms with Crippen LogP contribution in [0.4, 0.5) is 0 Å². The number of hydrogen-bond donors (Lipinski definition) is 1. The zero-order valence-electron chi connectivity index (χ0n) is 11.4. The van der Waals surface area contributed by atoms with Crippen molar-refractivity contribution in [1.82, 2.24) is 5.32 Å². The summed E-state index contributed by atoms with van der Waals surface area (Å²) in [6.07, 6.45) is 11.2. The standard InChI is InChI=1S/C15H22N2OS/c18-13-15(6-2-1-3-7-15)19-14(17-13)16-12-9-10-4-5-11(12)8-10/h10-12H,1-9H2,(H,16,17,18)/t10?,11-,12?/m1/s1. The zero-order chi connectivity index (χ0) is 12.9. The summed E-state index contributed by atoms with van der Waals surface area (Å²) in [6, 6.07) is 0.594. The highest BCUT2D eigenvalue weighted by Crippen LogP contribution is 2.47. The number of fused-ring (bicyclic) bond motifs is 2. The molecule has 1 aliphatic heterocycles. The molecule has 0 aromatic carbocycles. The number of carbonyl (C=O) groups excluding carboxylic acids is 1. The Morgan fingerprint density at radius 1 is 1.16 bits per heavy atom. The number of rotatable bonds is 1. The van der Waals surface area contributed by atoms with E-state index in [2.05, 4.69) is 10.3 Å². The molecular weight excluding hydrogens is 256 g/mol. The van der Waals surface area contributed by atoms with Crippen LogP contribution < -0.4 is 5.32 Å². The molecule has 0 aromatic heterocycles. The van der Waals surface area contributed by atoms with Gasteiger partial charge in [0.1, 0.15) is 4.75 Å². The van der Waals surface area contributed by atoms with Crippen LogP contribution in [0.2, 0.25) is 0 Å². The molecule has 1 N–H and O–H groups in total. The van der Waals surface area contributed by atoms with Crippen LogP contribution in [-0.4, -0.2) is 21.9 Å². The van der Waals surface area contributed by atoms with Crippen molar-refractivity contribution in [2.45, 2.75) is 68.6 Å². The first-order chi connectivity index (χ1) is 9.25. The van der Waals surface area contributed by atoms with Crippen molar-refractivity contribution in [1.29, 1.82) is 0 Å². The molecule has 19 heavy (non-hydrogen) atoms. The van der Waals surface area contributed by atoms with Crippen molar-refractivity contribution in [2.24, 2.45) is 16.8 Å². The summed E-state index contributed by atoms with van der Waals surface area (Å²) in [4.78, 5) is 16.6. The number of amidine groups is 1. The molecule has 2 unspecified atom stereocenters. The van der Waals surface area contributed by atoms with Gasteiger partial charge in [0.2, 0.25) is 0 Å². The summed E-state index contributed by atoms with van der Waals surface area (Å²) in [5, 5.41) is 4.54. The van der Waals surface area contributed by atoms with Crippen LogP contribution in [0, 0.1) is 11.8 Å². The number of hydrogen-bond acceptors (Lipinski definition) is 3. The first kappa shape index (κ1) is 12.2. The predicted molar refractivity (Wildman–Crippen MR) is 78.2 cm³/mol. The smallest absolute Gasteiger partial charge is 0.264 e. The van der Waals surface area contributed by atoms with E-state index >= 15 is 0 Å². The van der Waals surface area contributed by atoms with Gasteiger partial charge in [0, 0.05) is 6.04 Å². The van der Waals surface area contributed by atoms with Gasteiger partial charge in [-0.15, -0.1) is 0 Å². The third-order valence-corrected chi connectivity index (χ3v) is 6.97. The summed E-state index contributed by atoms with van der Waals surface area (Å²) in [5.41, 5.74) is 0. The Kier molecular flexibility index (Phi) is 2.90. The fraction of sp³-hybridized carbons (Fsp3) is 0.867. The first-order valence-electron chi connectivity index (χ1n) is 7.84. The van der Waals surface area contributed by atoms with Crippen molar-refractivity contribution in [3.63, 3.8) is 0 Å². The van der Waals surface area contributed by atoms with Crippen LogP contribution in [0.1, 0.15) is 57.8 Å². The van der Waals surface area contributed by atoms with E-state index in [0.717, 1.165) is 29.8 Å². The second kappa shape index (κ2) is 4.51. The molecule has 3 fully saturated rings. The van der Waals surface area contributed by atoms with Gasteiger partial charge >= 0.3 is 0 Å². The summed E-state index contributed by atoms with van der Waals surface area (Å²) in [5.74, 6) is 1.92. The number of amides is 1. The molecule has 4 rings (SSSR count). The topological polar surface area (TPSA) is 41.5 Å². The maximum Gasteiger partial charge on any atom is 0.264 e. The fourth-order valence-corrected chi connectivity index (χ4v) is 5.86. The molecule has 1 heterocycles. The highest BCUT2D eigenvalue weighted by molar-refractivity contribution is 8.16. The van der Waals surface area contributed by atoms with Crippen LogP contribution in [0.5, 0.6) is 0 Å². The molecule has 0 saturated heterocycles. The Labute approximate surface area is 119 Å². The Morgan fingerprint density at radius 3 is 2.68 bits per heavy atom. The van der Waals surface area contributed by atoms with E-state index in [0.29, 0.717) is 6.04 Å². The van der Waals surface area contributed by atoms with Gasteiger partial charge < -0.3 is 5.32 Å². The molecule has 104 valence electrons. The van der Waals surface area contributed by atoms with Crippen LogP contribution in [-0.2, 0) is 4.79 Å². The molecule has 0 radical (unpaired) electrons. The van der Waals surface area contributed by atoms with E-state index in [1.807, 2.05) is 0 Å². The van der Waals surface area contributed by atoms with E-state index < -0.39 is 0 Å². The first-order valence-corrected chi connectivity index (χ1v) is 8.65. The Balaban J connectivity index is 1.43. The lowest BCUT2D eigenvalue weighted by Gasteiger charge is -2.30. The number of nitrogens with one attached hydrogen (secondary N) is 1. The van der Waals surface area contributed by atoms with Gasteiger partial charge in [-0.1, -0.05) is 37.4 Å². The van der Waals surface area contributed by atoms with Gasteiger partial charge in [-0.2, -0.15) is 4.99 Å². The lowest BCUT2D eigenvalue weighted by Crippen LogP contribution is -2.38. The maximum absolute atomic E-state index is 12.2. The van der Waals surface area contributed by atoms with Crippen LogP contribution in [0.25, 0.3) is 0 Å². The number of thioether (sulfide) groups is 1. The molecule has 3 aliphatic carbocycles. The zero-order valence-corrected chi connectivity index (χ0v) is 12.2. The van der Waals surface area contributed by atoms with Crippen molar-refractivity contribution < 1.29 is 4.79 Å². The second-order valence-electron chi connectivity index (χ2n) is 6.80. The van der Waals surface area contributed by atoms with Gasteiger partial charge in [0.25, 0.3) is 5.91 Å². The molecule has 3 nitrogen and oxygen atoms in total. The molecule has 1 amide bonds. The predicted octanol–water partition coefficient (Wildman–Crippen LogP) is 3.10. The van der Waals surface area contributed by atoms with Gasteiger partial charge in [-0.25, -0.2) is 0 Å². The summed E-state index contributed by atoms with van der Waals surface area (Å²) >= 11 is 1.75. The highest BCUT2D eigenvalue weighted by Gasteiger charge is 2.47. The molecule has 3 saturated carbocycles. The van der Waals surface area contributed by atoms with Gasteiger partial charge in [0.15, 0.2) is 5.17 Å². The third-order valence-electron chi connectivity index (χ3n) is 5.59. The largest absolute Gasteiger partial charge is 0.361 e. The van der Waals surface area contributed by atoms with Gasteiger partial charge in [-0.05, 0) is 43.9 Å². The lowest BCUT2D eigenvalue weighted by molar-refractivity contribution is -0.120. The van der Waals surface area contributed by atoms with Crippen molar-refractivity contribution in [2.75, 3.05) is 0 Å². The second-order valence-corrected chi connectivity index (χ2v) is 8.18. The summed E-state index contributed by atoms with van der Waals surface area (Å²) < 4.78 is -0.182. The van der Waals surface area contributed by atoms with E-state index in [4.69, 9.17) is 0 Å². The lowest BCUT2D eigenvalue weighted by atomic mass is 9.88. The van der Waals surface area contributed by atoms with Gasteiger partial charge in [-0.3, -0.25) is 4.79 Å². The molecule has 3 atom stereocenters. The Morgan fingerprint density at radius 2 is 2.00 bits per heavy atom. The van der Waals surface area contributed by atoms with E-state index in [-0.39, 0.29) is 10.7 Å². The minimum atomic E-state index is -0.182. The SMILES string of the molecule is O=C1N=C(NC2CC3CC[C@@H]2C3)SC12CCCCC2. The average Bonchev–Trinajstić information content (AvgIpc) is 3.08. The third kappa shape index (κ3) is 2.03. The molecule has 1 spiro atoms. The fourth-order valence-electron chi connectivity index (χ4n) is 4.53. The minimum absolute atomic E-state index is 0.142. The summed E-state index contributed by atoms with van der Waals surface area (Å²) in [7, 11) is 0. The van der Waals surface area contributed by atoms with Crippen LogP contribution in [0.3, 0.4) is 0 Å². The average molecular weight is 278 g/mol. The Hall–Kier alpha value is -0.510. The quantitative estimate of drug-likeness (QED) is 0.801. The minimum Gasteiger partial charge on any atom is -0.361 e. The van der Waals surface area contributed by atoms with E-state index in [9.17, 15) is 4.79 Å². The van der Waals surface area contributed by atoms with Crippen LogP contribution >= 0.6 is 11.8 Å². The molecular formula is C15H22N2OS. The van der Waals surface area contributed by atoms with E-state index in [1.54, 1.807) is 11.8 Å². The maximum atomic E-state index is 12.2. The molecule has 0 aromatic rings. The molecule has 2 bridgehead atoms. The van der Waals surface area contributed by atoms with E-state index in [1.165, 1.54) is 44.9 Å². The van der Waals surface area contributed by atoms with Crippen molar-refractivity contribution in [3.8, 4) is 0 Å². The molecule has 4 heteroatoms. The van der Waals surface area contributed by atoms with Crippen LogP contribution in [0.15, 0.2) is 4.99 Å². The number of carbonyl (C=O) groups is 1. The van der Waals surface area contributed by atoms with Crippen molar-refractivity contribution >= 4 is 22.8 Å². The normalized spacial score (nSPS) is 39.9. The molecule has 4 aliphatic rings. The van der Waals surface area contributed by atoms with Crippen molar-refractivity contribution in [3.05, 3.63) is 0 Å². The van der Waals surface area contributed by atoms with Gasteiger partial charge in [0.05, 0.1) is 0 Å². The highest BCUT2D eigenvalue weighted by atomic mass is 32.2. The monoisotopic (exact) mass is 278 g/mol. The Bertz CT molecular complexity index is 428. The summed E-state index contributed by atoms with van der Waals surface area (Å²) in [6.45, 7) is 0. The number of aliphatic imine (C=N–C) groups is 1. The number of nitrogens with zero attached hydrogens (tertiary/aromatic N) is 1.